The number of esters is 4. The van der Waals surface area contributed by atoms with Crippen molar-refractivity contribution in [3.63, 3.8) is 0 Å². The summed E-state index contributed by atoms with van der Waals surface area (Å²) in [6, 6.07) is 0. The molecule has 0 rings (SSSR count). The van der Waals surface area contributed by atoms with Crippen LogP contribution in [0.2, 0.25) is 0 Å². The molecule has 0 radical (unpaired) electrons. The molecule has 93 heavy (non-hydrogen) atoms. The van der Waals surface area contributed by atoms with Gasteiger partial charge in [0.1, 0.15) is 19.3 Å². The number of aliphatic hydroxyl groups is 1. The standard InChI is InChI=1S/C74H140O17P2/c1-8-10-11-12-13-14-15-16-19-23-26-29-32-41-48-55-71(76)84-61-69(90-73(78)57-50-43-33-30-27-24-21-18-17-20-22-25-28-31-38-45-52-65(3)4)63-88-92(80,81)86-59-68(75)60-87-93(82,83)89-64-70(62-85-72(77)56-49-42-36-34-39-46-53-66(5)6)91-74(79)58-51-44-37-35-40-47-54-67(7)9-2/h14-16,19,65-70,75H,8-13,17-18,20-64H2,1-7H3,(H,80,81)(H,82,83)/b15-14-,19-16-/t67?,68-,69-,70-/m1/s1. The third-order valence-corrected chi connectivity index (χ3v) is 18.8. The van der Waals surface area contributed by atoms with E-state index in [9.17, 15) is 43.2 Å². The first kappa shape index (κ1) is 90.5. The molecule has 0 aromatic rings. The maximum Gasteiger partial charge on any atom is 0.472 e. The Morgan fingerprint density at radius 1 is 0.355 bits per heavy atom. The number of phosphoric ester groups is 2. The summed E-state index contributed by atoms with van der Waals surface area (Å²) >= 11 is 0. The fourth-order valence-corrected chi connectivity index (χ4v) is 12.3. The average Bonchev–Trinajstić information content (AvgIpc) is 3.64. The molecule has 3 N–H and O–H groups in total. The Hall–Kier alpha value is -2.46. The van der Waals surface area contributed by atoms with Gasteiger partial charge in [-0.2, -0.15) is 0 Å². The molecule has 0 spiro atoms. The van der Waals surface area contributed by atoms with E-state index in [2.05, 4.69) is 72.8 Å². The normalized spacial score (nSPS) is 14.6. The number of carbonyl (C=O) groups is 4. The van der Waals surface area contributed by atoms with Crippen LogP contribution in [0, 0.1) is 17.8 Å². The molecule has 0 aliphatic carbocycles. The third kappa shape index (κ3) is 66.6. The van der Waals surface area contributed by atoms with Gasteiger partial charge in [0.25, 0.3) is 0 Å². The Kier molecular flexibility index (Phi) is 62.5. The SMILES string of the molecule is CCCCCC/C=C\C=C/CCCCCCCC(=O)OC[C@H](COP(=O)(O)OC[C@@H](O)COP(=O)(O)OC[C@@H](COC(=O)CCCCCCCCC(C)C)OC(=O)CCCCCCCCC(C)CC)OC(=O)CCCCCCCCCCCCCCCCCCC(C)C. The maximum atomic E-state index is 13.1. The molecular formula is C74H140O17P2. The summed E-state index contributed by atoms with van der Waals surface area (Å²) in [4.78, 5) is 72.6. The van der Waals surface area contributed by atoms with Crippen molar-refractivity contribution < 1.29 is 80.2 Å². The van der Waals surface area contributed by atoms with E-state index in [1.165, 1.54) is 135 Å². The molecule has 0 aliphatic heterocycles. The lowest BCUT2D eigenvalue weighted by atomic mass is 10.00. The average molecular weight is 1360 g/mol. The molecule has 0 saturated carbocycles. The van der Waals surface area contributed by atoms with Crippen LogP contribution in [0.15, 0.2) is 24.3 Å². The number of ether oxygens (including phenoxy) is 4. The highest BCUT2D eigenvalue weighted by molar-refractivity contribution is 7.47. The number of hydrogen-bond acceptors (Lipinski definition) is 15. The van der Waals surface area contributed by atoms with Crippen molar-refractivity contribution in [2.75, 3.05) is 39.6 Å². The van der Waals surface area contributed by atoms with Gasteiger partial charge in [0.05, 0.1) is 26.4 Å². The molecule has 0 saturated heterocycles. The van der Waals surface area contributed by atoms with E-state index < -0.39 is 97.5 Å². The van der Waals surface area contributed by atoms with E-state index in [4.69, 9.17) is 37.0 Å². The first-order chi connectivity index (χ1) is 44.8. The van der Waals surface area contributed by atoms with E-state index in [1.54, 1.807) is 0 Å². The van der Waals surface area contributed by atoms with Gasteiger partial charge in [0.2, 0.25) is 0 Å². The van der Waals surface area contributed by atoms with Gasteiger partial charge in [0, 0.05) is 25.7 Å². The summed E-state index contributed by atoms with van der Waals surface area (Å²) in [6.07, 6.45) is 52.4. The zero-order valence-electron chi connectivity index (χ0n) is 60.2. The molecule has 0 aromatic heterocycles. The molecule has 0 amide bonds. The smallest absolute Gasteiger partial charge is 0.462 e. The molecule has 548 valence electrons. The fraction of sp³-hybridized carbons (Fsp3) is 0.892. The summed E-state index contributed by atoms with van der Waals surface area (Å²) in [7, 11) is -9.92. The highest BCUT2D eigenvalue weighted by Crippen LogP contribution is 2.45. The van der Waals surface area contributed by atoms with Gasteiger partial charge < -0.3 is 33.8 Å². The number of phosphoric acid groups is 2. The van der Waals surface area contributed by atoms with Crippen LogP contribution < -0.4 is 0 Å². The summed E-state index contributed by atoms with van der Waals surface area (Å²) < 4.78 is 68.3. The predicted octanol–water partition coefficient (Wildman–Crippen LogP) is 21.0. The van der Waals surface area contributed by atoms with Crippen LogP contribution in [-0.4, -0.2) is 96.7 Å². The lowest BCUT2D eigenvalue weighted by Crippen LogP contribution is -2.30. The highest BCUT2D eigenvalue weighted by atomic mass is 31.2. The van der Waals surface area contributed by atoms with Crippen molar-refractivity contribution in [3.8, 4) is 0 Å². The Bertz CT molecular complexity index is 1910. The van der Waals surface area contributed by atoms with Crippen LogP contribution in [0.1, 0.15) is 350 Å². The Morgan fingerprint density at radius 2 is 0.634 bits per heavy atom. The zero-order chi connectivity index (χ0) is 68.7. The minimum Gasteiger partial charge on any atom is -0.462 e. The van der Waals surface area contributed by atoms with Crippen molar-refractivity contribution in [3.05, 3.63) is 24.3 Å². The quantitative estimate of drug-likeness (QED) is 0.0169. The second-order valence-corrected chi connectivity index (χ2v) is 30.1. The molecule has 0 aliphatic rings. The molecule has 17 nitrogen and oxygen atoms in total. The van der Waals surface area contributed by atoms with Crippen molar-refractivity contribution >= 4 is 39.5 Å². The van der Waals surface area contributed by atoms with Gasteiger partial charge >= 0.3 is 39.5 Å². The van der Waals surface area contributed by atoms with Crippen LogP contribution in [0.5, 0.6) is 0 Å². The van der Waals surface area contributed by atoms with E-state index in [0.717, 1.165) is 127 Å². The maximum absolute atomic E-state index is 13.1. The summed E-state index contributed by atoms with van der Waals surface area (Å²) in [5.41, 5.74) is 0. The third-order valence-electron chi connectivity index (χ3n) is 16.9. The summed E-state index contributed by atoms with van der Waals surface area (Å²) in [6.45, 7) is 11.7. The second-order valence-electron chi connectivity index (χ2n) is 27.2. The number of hydrogen-bond donors (Lipinski definition) is 3. The molecular weight excluding hydrogens is 1220 g/mol. The number of allylic oxidation sites excluding steroid dienone is 4. The topological polar surface area (TPSA) is 237 Å². The Morgan fingerprint density at radius 3 is 0.957 bits per heavy atom. The molecule has 19 heteroatoms. The predicted molar refractivity (Wildman–Crippen MR) is 377 cm³/mol. The number of carbonyl (C=O) groups excluding carboxylic acids is 4. The largest absolute Gasteiger partial charge is 0.472 e. The van der Waals surface area contributed by atoms with E-state index in [1.807, 2.05) is 0 Å². The minimum atomic E-state index is -4.96. The van der Waals surface area contributed by atoms with Gasteiger partial charge in [-0.3, -0.25) is 37.3 Å². The van der Waals surface area contributed by atoms with E-state index >= 15 is 0 Å². The van der Waals surface area contributed by atoms with Crippen LogP contribution in [0.4, 0.5) is 0 Å². The van der Waals surface area contributed by atoms with Gasteiger partial charge in [-0.05, 0) is 69.1 Å². The van der Waals surface area contributed by atoms with Gasteiger partial charge in [-0.15, -0.1) is 0 Å². The second kappa shape index (κ2) is 64.2. The molecule has 3 unspecified atom stereocenters. The van der Waals surface area contributed by atoms with Crippen LogP contribution in [-0.2, 0) is 65.4 Å². The minimum absolute atomic E-state index is 0.0994. The first-order valence-corrected chi connectivity index (χ1v) is 40.7. The Balaban J connectivity index is 5.25. The fourth-order valence-electron chi connectivity index (χ4n) is 10.7. The molecule has 0 bridgehead atoms. The van der Waals surface area contributed by atoms with Gasteiger partial charge in [-0.1, -0.05) is 297 Å². The highest BCUT2D eigenvalue weighted by Gasteiger charge is 2.30. The van der Waals surface area contributed by atoms with Crippen LogP contribution >= 0.6 is 15.6 Å². The summed E-state index contributed by atoms with van der Waals surface area (Å²) in [5.74, 6) is 0.0467. The molecule has 0 aromatic carbocycles. The first-order valence-electron chi connectivity index (χ1n) is 37.7. The van der Waals surface area contributed by atoms with E-state index in [-0.39, 0.29) is 25.7 Å². The van der Waals surface area contributed by atoms with Gasteiger partial charge in [-0.25, -0.2) is 9.13 Å². The van der Waals surface area contributed by atoms with Crippen molar-refractivity contribution in [1.29, 1.82) is 0 Å². The Labute approximate surface area is 567 Å². The lowest BCUT2D eigenvalue weighted by Gasteiger charge is -2.21. The molecule has 6 atom stereocenters. The van der Waals surface area contributed by atoms with Gasteiger partial charge in [0.15, 0.2) is 12.2 Å². The number of rotatable bonds is 70. The number of unbranched alkanes of at least 4 members (excludes halogenated alkanes) is 34. The summed E-state index contributed by atoms with van der Waals surface area (Å²) in [5, 5.41) is 10.6. The molecule has 0 heterocycles. The van der Waals surface area contributed by atoms with Crippen LogP contribution in [0.3, 0.4) is 0 Å². The number of aliphatic hydroxyl groups excluding tert-OH is 1. The van der Waals surface area contributed by atoms with Crippen LogP contribution in [0.25, 0.3) is 0 Å². The van der Waals surface area contributed by atoms with E-state index in [0.29, 0.717) is 31.6 Å². The monoisotopic (exact) mass is 1360 g/mol. The van der Waals surface area contributed by atoms with Crippen molar-refractivity contribution in [2.45, 2.75) is 369 Å². The lowest BCUT2D eigenvalue weighted by molar-refractivity contribution is -0.161. The molecule has 0 fully saturated rings. The van der Waals surface area contributed by atoms with Crippen molar-refractivity contribution in [2.24, 2.45) is 17.8 Å². The zero-order valence-corrected chi connectivity index (χ0v) is 62.0. The van der Waals surface area contributed by atoms with Crippen molar-refractivity contribution in [1.82, 2.24) is 0 Å².